The summed E-state index contributed by atoms with van der Waals surface area (Å²) in [6.45, 7) is 0. The molecular weight excluding hydrogens is 367 g/mol. The lowest BCUT2D eigenvalue weighted by Gasteiger charge is -2.08. The Kier molecular flexibility index (Phi) is 4.06. The van der Waals surface area contributed by atoms with Crippen LogP contribution in [0.4, 0.5) is 10.1 Å². The van der Waals surface area contributed by atoms with Crippen LogP contribution in [-0.2, 0) is 17.1 Å². The molecule has 0 atom stereocenters. The summed E-state index contributed by atoms with van der Waals surface area (Å²) in [5.41, 5.74) is -0.00863. The van der Waals surface area contributed by atoms with Crippen LogP contribution in [0.5, 0.6) is 0 Å². The minimum absolute atomic E-state index is 0.150. The number of nitrogens with zero attached hydrogens (tertiary/aromatic N) is 1. The molecule has 9 heteroatoms. The molecule has 0 bridgehead atoms. The second kappa shape index (κ2) is 5.49. The van der Waals surface area contributed by atoms with Crippen LogP contribution >= 0.6 is 15.9 Å². The molecule has 0 amide bonds. The average molecular weight is 377 g/mol. The van der Waals surface area contributed by atoms with Gasteiger partial charge in [-0.2, -0.15) is 0 Å². The number of nitrogens with one attached hydrogen (secondary N) is 1. The molecule has 0 unspecified atom stereocenters. The molecule has 6 nitrogen and oxygen atoms in total. The first-order chi connectivity index (χ1) is 9.70. The van der Waals surface area contributed by atoms with Crippen molar-refractivity contribution >= 4 is 37.6 Å². The number of halogens is 2. The summed E-state index contributed by atoms with van der Waals surface area (Å²) in [6.07, 6.45) is 1.18. The fraction of sp³-hybridized carbons (Fsp3) is 0.0833. The predicted octanol–water partition coefficient (Wildman–Crippen LogP) is 2.43. The summed E-state index contributed by atoms with van der Waals surface area (Å²) in [7, 11) is -2.54. The lowest BCUT2D eigenvalue weighted by Crippen LogP contribution is -2.12. The smallest absolute Gasteiger partial charge is 0.352 e. The predicted molar refractivity (Wildman–Crippen MR) is 77.3 cm³/mol. The van der Waals surface area contributed by atoms with Gasteiger partial charge in [0, 0.05) is 17.7 Å². The molecule has 0 saturated heterocycles. The number of carboxylic acid groups (broad SMARTS) is 1. The second-order valence-electron chi connectivity index (χ2n) is 4.21. The van der Waals surface area contributed by atoms with E-state index in [4.69, 9.17) is 5.11 Å². The van der Waals surface area contributed by atoms with Gasteiger partial charge >= 0.3 is 5.97 Å². The Morgan fingerprint density at radius 1 is 1.38 bits per heavy atom. The summed E-state index contributed by atoms with van der Waals surface area (Å²) >= 11 is 3.05. The number of aromatic carboxylic acids is 1. The highest BCUT2D eigenvalue weighted by Crippen LogP contribution is 2.26. The largest absolute Gasteiger partial charge is 0.477 e. The number of anilines is 1. The molecule has 2 aromatic rings. The highest BCUT2D eigenvalue weighted by molar-refractivity contribution is 9.10. The number of carboxylic acids is 1. The van der Waals surface area contributed by atoms with Crippen LogP contribution in [0.2, 0.25) is 0 Å². The molecule has 2 rings (SSSR count). The van der Waals surface area contributed by atoms with E-state index in [1.54, 1.807) is 0 Å². The van der Waals surface area contributed by atoms with E-state index < -0.39 is 21.8 Å². The van der Waals surface area contributed by atoms with Crippen molar-refractivity contribution in [2.45, 2.75) is 4.90 Å². The van der Waals surface area contributed by atoms with Crippen LogP contribution in [0.1, 0.15) is 10.5 Å². The number of hydrogen-bond donors (Lipinski definition) is 2. The second-order valence-corrected chi connectivity index (χ2v) is 6.74. The average Bonchev–Trinajstić information content (AvgIpc) is 2.76. The van der Waals surface area contributed by atoms with Gasteiger partial charge in [-0.25, -0.2) is 17.6 Å². The molecule has 1 aromatic carbocycles. The van der Waals surface area contributed by atoms with E-state index in [9.17, 15) is 17.6 Å². The number of hydrogen-bond acceptors (Lipinski definition) is 3. The topological polar surface area (TPSA) is 88.4 Å². The molecule has 1 heterocycles. The van der Waals surface area contributed by atoms with Gasteiger partial charge in [0.1, 0.15) is 16.4 Å². The van der Waals surface area contributed by atoms with Crippen LogP contribution < -0.4 is 4.72 Å². The van der Waals surface area contributed by atoms with Gasteiger partial charge in [0.2, 0.25) is 0 Å². The first-order valence-electron chi connectivity index (χ1n) is 5.58. The van der Waals surface area contributed by atoms with Crippen molar-refractivity contribution in [2.24, 2.45) is 7.05 Å². The Morgan fingerprint density at radius 2 is 2.05 bits per heavy atom. The number of carbonyl (C=O) groups is 1. The van der Waals surface area contributed by atoms with E-state index in [0.29, 0.717) is 0 Å². The maximum atomic E-state index is 13.0. The molecule has 2 N–H and O–H groups in total. The Bertz CT molecular complexity index is 817. The first-order valence-corrected chi connectivity index (χ1v) is 7.86. The van der Waals surface area contributed by atoms with Crippen molar-refractivity contribution in [2.75, 3.05) is 4.72 Å². The zero-order chi connectivity index (χ0) is 15.8. The first kappa shape index (κ1) is 15.5. The van der Waals surface area contributed by atoms with Crippen LogP contribution in [0.25, 0.3) is 0 Å². The lowest BCUT2D eigenvalue weighted by molar-refractivity contribution is 0.0686. The molecule has 0 aliphatic heterocycles. The van der Waals surface area contributed by atoms with Gasteiger partial charge in [0.25, 0.3) is 10.0 Å². The maximum Gasteiger partial charge on any atom is 0.352 e. The third kappa shape index (κ3) is 3.24. The Morgan fingerprint density at radius 3 is 2.57 bits per heavy atom. The molecule has 0 spiro atoms. The lowest BCUT2D eigenvalue weighted by atomic mass is 10.3. The standard InChI is InChI=1S/C12H10BrFN2O4S/c1-16-6-8(5-11(16)12(17)18)21(19,20)15-10-3-2-7(14)4-9(10)13/h2-6,15H,1H3,(H,17,18). The fourth-order valence-electron chi connectivity index (χ4n) is 1.67. The number of sulfonamides is 1. The minimum atomic E-state index is -3.97. The number of benzene rings is 1. The van der Waals surface area contributed by atoms with Crippen molar-refractivity contribution in [1.82, 2.24) is 4.57 Å². The highest BCUT2D eigenvalue weighted by atomic mass is 79.9. The van der Waals surface area contributed by atoms with Crippen molar-refractivity contribution in [3.63, 3.8) is 0 Å². The van der Waals surface area contributed by atoms with Gasteiger partial charge in [-0.15, -0.1) is 0 Å². The van der Waals surface area contributed by atoms with E-state index in [1.807, 2.05) is 0 Å². The summed E-state index contributed by atoms with van der Waals surface area (Å²) in [5.74, 6) is -1.75. The number of aryl methyl sites for hydroxylation is 1. The minimum Gasteiger partial charge on any atom is -0.477 e. The van der Waals surface area contributed by atoms with E-state index in [2.05, 4.69) is 20.7 Å². The van der Waals surface area contributed by atoms with Crippen molar-refractivity contribution in [1.29, 1.82) is 0 Å². The van der Waals surface area contributed by atoms with Gasteiger partial charge < -0.3 is 9.67 Å². The molecule has 0 aliphatic carbocycles. The molecule has 0 aliphatic rings. The van der Waals surface area contributed by atoms with Gasteiger partial charge in [-0.3, -0.25) is 4.72 Å². The van der Waals surface area contributed by atoms with E-state index in [0.717, 1.165) is 18.2 Å². The molecule has 21 heavy (non-hydrogen) atoms. The molecule has 1 aromatic heterocycles. The number of aromatic nitrogens is 1. The van der Waals surface area contributed by atoms with Crippen molar-refractivity contribution in [3.05, 3.63) is 46.4 Å². The summed E-state index contributed by atoms with van der Waals surface area (Å²) in [5, 5.41) is 8.92. The summed E-state index contributed by atoms with van der Waals surface area (Å²) in [4.78, 5) is 10.7. The Labute approximate surface area is 128 Å². The molecule has 0 saturated carbocycles. The van der Waals surface area contributed by atoms with Gasteiger partial charge in [-0.1, -0.05) is 0 Å². The molecule has 0 radical (unpaired) electrons. The van der Waals surface area contributed by atoms with Gasteiger partial charge in [0.05, 0.1) is 5.69 Å². The molecule has 0 fully saturated rings. The van der Waals surface area contributed by atoms with Crippen molar-refractivity contribution < 1.29 is 22.7 Å². The third-order valence-electron chi connectivity index (χ3n) is 2.68. The highest BCUT2D eigenvalue weighted by Gasteiger charge is 2.21. The maximum absolute atomic E-state index is 13.0. The van der Waals surface area contributed by atoms with E-state index in [-0.39, 0.29) is 20.7 Å². The molecular formula is C12H10BrFN2O4S. The van der Waals surface area contributed by atoms with Crippen LogP contribution in [-0.4, -0.2) is 24.1 Å². The van der Waals surface area contributed by atoms with Crippen LogP contribution in [0.3, 0.4) is 0 Å². The zero-order valence-corrected chi connectivity index (χ0v) is 13.1. The zero-order valence-electron chi connectivity index (χ0n) is 10.7. The monoisotopic (exact) mass is 376 g/mol. The SMILES string of the molecule is Cn1cc(S(=O)(=O)Nc2ccc(F)cc2Br)cc1C(=O)O. The quantitative estimate of drug-likeness (QED) is 0.857. The van der Waals surface area contributed by atoms with Gasteiger partial charge in [-0.05, 0) is 40.2 Å². The summed E-state index contributed by atoms with van der Waals surface area (Å²) < 4.78 is 41.1. The number of rotatable bonds is 4. The molecule has 112 valence electrons. The summed E-state index contributed by atoms with van der Waals surface area (Å²) in [6, 6.07) is 4.53. The van der Waals surface area contributed by atoms with E-state index >= 15 is 0 Å². The van der Waals surface area contributed by atoms with Crippen LogP contribution in [0, 0.1) is 5.82 Å². The van der Waals surface area contributed by atoms with Crippen LogP contribution in [0.15, 0.2) is 39.8 Å². The fourth-order valence-corrected chi connectivity index (χ4v) is 3.40. The third-order valence-corrected chi connectivity index (χ3v) is 4.67. The normalized spacial score (nSPS) is 11.4. The Hall–Kier alpha value is -1.87. The van der Waals surface area contributed by atoms with Crippen molar-refractivity contribution in [3.8, 4) is 0 Å². The Balaban J connectivity index is 2.38. The van der Waals surface area contributed by atoms with Gasteiger partial charge in [0.15, 0.2) is 0 Å². The van der Waals surface area contributed by atoms with E-state index in [1.165, 1.54) is 23.9 Å².